The Morgan fingerprint density at radius 3 is 2.08 bits per heavy atom. The van der Waals surface area contributed by atoms with Crippen molar-refractivity contribution in [2.45, 2.75) is 32.9 Å². The zero-order valence-electron chi connectivity index (χ0n) is 13.7. The standard InChI is InChI=1S/C11H14ClNO.C7H6F2O/c1-8(14)13-11(2,3)9-4-6-10(12)7-5-9;8-7(9)10-6-4-2-1-3-5-6/h4-7H,1-3H3,(H,13,14);1-5,7H. The van der Waals surface area contributed by atoms with Gasteiger partial charge >= 0.3 is 6.61 Å². The smallest absolute Gasteiger partial charge is 0.387 e. The Morgan fingerprint density at radius 2 is 1.62 bits per heavy atom. The van der Waals surface area contributed by atoms with Gasteiger partial charge in [0, 0.05) is 11.9 Å². The van der Waals surface area contributed by atoms with Crippen LogP contribution in [0.3, 0.4) is 0 Å². The first-order chi connectivity index (χ1) is 11.2. The van der Waals surface area contributed by atoms with Crippen LogP contribution in [0.5, 0.6) is 5.75 Å². The van der Waals surface area contributed by atoms with Crippen molar-refractivity contribution < 1.29 is 18.3 Å². The predicted molar refractivity (Wildman–Crippen MR) is 91.4 cm³/mol. The van der Waals surface area contributed by atoms with Gasteiger partial charge in [-0.05, 0) is 43.7 Å². The second kappa shape index (κ2) is 9.23. The molecule has 0 spiro atoms. The molecular formula is C18H20ClF2NO2. The summed E-state index contributed by atoms with van der Waals surface area (Å²) in [7, 11) is 0. The van der Waals surface area contributed by atoms with Crippen LogP contribution in [0, 0.1) is 0 Å². The summed E-state index contributed by atoms with van der Waals surface area (Å²) >= 11 is 5.78. The Balaban J connectivity index is 0.000000254. The fraction of sp³-hybridized carbons (Fsp3) is 0.278. The van der Waals surface area contributed by atoms with Crippen LogP contribution in [0.2, 0.25) is 5.02 Å². The van der Waals surface area contributed by atoms with Crippen LogP contribution < -0.4 is 10.1 Å². The number of rotatable bonds is 4. The van der Waals surface area contributed by atoms with Crippen molar-refractivity contribution in [2.24, 2.45) is 0 Å². The fourth-order valence-electron chi connectivity index (χ4n) is 1.98. The molecule has 2 aromatic carbocycles. The van der Waals surface area contributed by atoms with Gasteiger partial charge in [-0.15, -0.1) is 0 Å². The molecular weight excluding hydrogens is 336 g/mol. The average Bonchev–Trinajstić information content (AvgIpc) is 2.47. The Bertz CT molecular complexity index is 631. The molecule has 0 aromatic heterocycles. The normalized spacial score (nSPS) is 10.6. The van der Waals surface area contributed by atoms with Gasteiger partial charge in [-0.3, -0.25) is 4.79 Å². The molecule has 6 heteroatoms. The lowest BCUT2D eigenvalue weighted by Gasteiger charge is -2.26. The average molecular weight is 356 g/mol. The lowest BCUT2D eigenvalue weighted by atomic mass is 9.94. The number of hydrogen-bond donors (Lipinski definition) is 1. The van der Waals surface area contributed by atoms with Crippen molar-refractivity contribution in [3.05, 3.63) is 65.2 Å². The SMILES string of the molecule is CC(=O)NC(C)(C)c1ccc(Cl)cc1.FC(F)Oc1ccccc1. The first-order valence-corrected chi connectivity index (χ1v) is 7.63. The quantitative estimate of drug-likeness (QED) is 0.838. The minimum atomic E-state index is -2.73. The van der Waals surface area contributed by atoms with Crippen LogP contribution >= 0.6 is 11.6 Å². The van der Waals surface area contributed by atoms with Gasteiger partial charge in [0.25, 0.3) is 0 Å². The van der Waals surface area contributed by atoms with Gasteiger partial charge in [0.2, 0.25) is 5.91 Å². The van der Waals surface area contributed by atoms with E-state index in [1.807, 2.05) is 38.1 Å². The lowest BCUT2D eigenvalue weighted by Crippen LogP contribution is -2.39. The van der Waals surface area contributed by atoms with Crippen LogP contribution in [-0.4, -0.2) is 12.5 Å². The minimum Gasteiger partial charge on any atom is -0.435 e. The number of nitrogens with one attached hydrogen (secondary N) is 1. The molecule has 2 rings (SSSR count). The molecule has 0 aliphatic heterocycles. The molecule has 0 saturated heterocycles. The van der Waals surface area contributed by atoms with E-state index in [0.29, 0.717) is 5.02 Å². The third-order valence-corrected chi connectivity index (χ3v) is 3.27. The maximum atomic E-state index is 11.5. The molecule has 2 aromatic rings. The molecule has 0 fully saturated rings. The van der Waals surface area contributed by atoms with Crippen molar-refractivity contribution in [1.29, 1.82) is 0 Å². The number of hydrogen-bond acceptors (Lipinski definition) is 2. The Morgan fingerprint density at radius 1 is 1.08 bits per heavy atom. The number of alkyl halides is 2. The van der Waals surface area contributed by atoms with Crippen LogP contribution in [0.15, 0.2) is 54.6 Å². The third kappa shape index (κ3) is 7.42. The van der Waals surface area contributed by atoms with E-state index in [4.69, 9.17) is 11.6 Å². The highest BCUT2D eigenvalue weighted by Gasteiger charge is 2.20. The summed E-state index contributed by atoms with van der Waals surface area (Å²) in [5.41, 5.74) is 0.688. The highest BCUT2D eigenvalue weighted by atomic mass is 35.5. The number of halogens is 3. The molecule has 0 radical (unpaired) electrons. The summed E-state index contributed by atoms with van der Waals surface area (Å²) < 4.78 is 27.1. The van der Waals surface area contributed by atoms with Crippen molar-refractivity contribution in [3.8, 4) is 5.75 Å². The maximum Gasteiger partial charge on any atom is 0.387 e. The molecule has 1 N–H and O–H groups in total. The monoisotopic (exact) mass is 355 g/mol. The van der Waals surface area contributed by atoms with Gasteiger partial charge in [0.05, 0.1) is 5.54 Å². The number of ether oxygens (including phenoxy) is 1. The van der Waals surface area contributed by atoms with E-state index in [1.54, 1.807) is 18.2 Å². The van der Waals surface area contributed by atoms with Crippen molar-refractivity contribution in [1.82, 2.24) is 5.32 Å². The molecule has 0 atom stereocenters. The molecule has 0 saturated carbocycles. The van der Waals surface area contributed by atoms with Gasteiger partial charge < -0.3 is 10.1 Å². The summed E-state index contributed by atoms with van der Waals surface area (Å²) in [6, 6.07) is 15.4. The number of carbonyl (C=O) groups is 1. The van der Waals surface area contributed by atoms with Gasteiger partial charge in [-0.1, -0.05) is 41.9 Å². The third-order valence-electron chi connectivity index (χ3n) is 3.02. The van der Waals surface area contributed by atoms with Crippen molar-refractivity contribution in [2.75, 3.05) is 0 Å². The Labute approximate surface area is 145 Å². The number of carbonyl (C=O) groups excluding carboxylic acids is 1. The molecule has 0 aliphatic carbocycles. The summed E-state index contributed by atoms with van der Waals surface area (Å²) in [6.45, 7) is 2.69. The summed E-state index contributed by atoms with van der Waals surface area (Å²) in [4.78, 5) is 11.0. The first kappa shape index (κ1) is 19.9. The topological polar surface area (TPSA) is 38.3 Å². The molecule has 0 heterocycles. The molecule has 1 amide bonds. The number of amides is 1. The van der Waals surface area contributed by atoms with Crippen molar-refractivity contribution >= 4 is 17.5 Å². The zero-order chi connectivity index (χ0) is 18.2. The fourth-order valence-corrected chi connectivity index (χ4v) is 2.11. The lowest BCUT2D eigenvalue weighted by molar-refractivity contribution is -0.120. The first-order valence-electron chi connectivity index (χ1n) is 7.25. The molecule has 24 heavy (non-hydrogen) atoms. The van der Waals surface area contributed by atoms with Crippen molar-refractivity contribution in [3.63, 3.8) is 0 Å². The largest absolute Gasteiger partial charge is 0.435 e. The second-order valence-corrected chi connectivity index (χ2v) is 5.94. The Hall–Kier alpha value is -2.14. The van der Waals surface area contributed by atoms with E-state index in [9.17, 15) is 13.6 Å². The summed E-state index contributed by atoms with van der Waals surface area (Å²) in [6.07, 6.45) is 0. The van der Waals surface area contributed by atoms with Gasteiger partial charge in [-0.25, -0.2) is 0 Å². The molecule has 130 valence electrons. The second-order valence-electron chi connectivity index (χ2n) is 5.50. The molecule has 3 nitrogen and oxygen atoms in total. The van der Waals surface area contributed by atoms with E-state index >= 15 is 0 Å². The molecule has 0 bridgehead atoms. The summed E-state index contributed by atoms with van der Waals surface area (Å²) in [5, 5.41) is 3.57. The van der Waals surface area contributed by atoms with Crippen LogP contribution in [0.4, 0.5) is 8.78 Å². The Kier molecular flexibility index (Phi) is 7.65. The van der Waals surface area contributed by atoms with Gasteiger partial charge in [0.1, 0.15) is 5.75 Å². The highest BCUT2D eigenvalue weighted by Crippen LogP contribution is 2.21. The number of benzene rings is 2. The van der Waals surface area contributed by atoms with E-state index in [1.165, 1.54) is 19.1 Å². The predicted octanol–water partition coefficient (Wildman–Crippen LogP) is 5.00. The molecule has 0 aliphatic rings. The highest BCUT2D eigenvalue weighted by molar-refractivity contribution is 6.30. The molecule has 0 unspecified atom stereocenters. The van der Waals surface area contributed by atoms with Crippen LogP contribution in [0.1, 0.15) is 26.3 Å². The van der Waals surface area contributed by atoms with Gasteiger partial charge in [-0.2, -0.15) is 8.78 Å². The van der Waals surface area contributed by atoms with Crippen LogP contribution in [0.25, 0.3) is 0 Å². The minimum absolute atomic E-state index is 0.0371. The van der Waals surface area contributed by atoms with E-state index in [-0.39, 0.29) is 17.2 Å². The van der Waals surface area contributed by atoms with E-state index in [2.05, 4.69) is 10.1 Å². The number of para-hydroxylation sites is 1. The van der Waals surface area contributed by atoms with E-state index in [0.717, 1.165) is 5.56 Å². The van der Waals surface area contributed by atoms with Gasteiger partial charge in [0.15, 0.2) is 0 Å². The summed E-state index contributed by atoms with van der Waals surface area (Å²) in [5.74, 6) is 0.155. The maximum absolute atomic E-state index is 11.5. The van der Waals surface area contributed by atoms with Crippen LogP contribution in [-0.2, 0) is 10.3 Å². The zero-order valence-corrected chi connectivity index (χ0v) is 14.5. The van der Waals surface area contributed by atoms with E-state index < -0.39 is 6.61 Å².